The van der Waals surface area contributed by atoms with Crippen LogP contribution in [-0.2, 0) is 6.42 Å². The smallest absolute Gasteiger partial charge is 0.257 e. The number of nitrogens with zero attached hydrogens (tertiary/aromatic N) is 2. The van der Waals surface area contributed by atoms with Gasteiger partial charge in [-0.25, -0.2) is 4.40 Å². The minimum atomic E-state index is -0.114. The van der Waals surface area contributed by atoms with Gasteiger partial charge < -0.3 is 5.11 Å². The van der Waals surface area contributed by atoms with E-state index in [1.54, 1.807) is 30.3 Å². The summed E-state index contributed by atoms with van der Waals surface area (Å²) in [6.07, 6.45) is 0.484. The van der Waals surface area contributed by atoms with Gasteiger partial charge in [-0.1, -0.05) is 18.2 Å². The zero-order valence-electron chi connectivity index (χ0n) is 9.50. The Morgan fingerprint density at radius 1 is 1.22 bits per heavy atom. The predicted molar refractivity (Wildman–Crippen MR) is 66.7 cm³/mol. The molecule has 0 radical (unpaired) electrons. The fourth-order valence-electron chi connectivity index (χ4n) is 1.98. The van der Waals surface area contributed by atoms with Gasteiger partial charge in [0.2, 0.25) is 0 Å². The fraction of sp³-hybridized carbons (Fsp3) is 0.0769. The van der Waals surface area contributed by atoms with Gasteiger partial charge in [0.1, 0.15) is 17.2 Å². The molecule has 18 heavy (non-hydrogen) atoms. The molecule has 2 aromatic heterocycles. The van der Waals surface area contributed by atoms with Gasteiger partial charge in [-0.3, -0.25) is 9.89 Å². The van der Waals surface area contributed by atoms with Crippen molar-refractivity contribution in [2.45, 2.75) is 6.42 Å². The molecule has 0 aliphatic heterocycles. The summed E-state index contributed by atoms with van der Waals surface area (Å²) < 4.78 is 1.53. The summed E-state index contributed by atoms with van der Waals surface area (Å²) in [6.45, 7) is 0. The van der Waals surface area contributed by atoms with Crippen molar-refractivity contribution in [2.75, 3.05) is 0 Å². The number of hydrogen-bond donors (Lipinski definition) is 2. The highest BCUT2D eigenvalue weighted by atomic mass is 16.3. The van der Waals surface area contributed by atoms with E-state index in [4.69, 9.17) is 0 Å². The molecular weight excluding hydrogens is 230 g/mol. The standard InChI is InChI=1S/C13H11N3O2/c17-10-4-1-3-9(7-10)8-12-15-14-11-5-2-6-13(18)16(11)12/h1-7,14,17H,8H2. The fourth-order valence-corrected chi connectivity index (χ4v) is 1.98. The Labute approximate surface area is 102 Å². The van der Waals surface area contributed by atoms with Gasteiger partial charge in [0.25, 0.3) is 5.56 Å². The number of hydrogen-bond acceptors (Lipinski definition) is 3. The molecule has 0 amide bonds. The minimum Gasteiger partial charge on any atom is -0.508 e. The molecule has 0 saturated heterocycles. The van der Waals surface area contributed by atoms with Crippen molar-refractivity contribution < 1.29 is 5.11 Å². The second kappa shape index (κ2) is 4.03. The van der Waals surface area contributed by atoms with E-state index in [2.05, 4.69) is 10.2 Å². The number of rotatable bonds is 2. The van der Waals surface area contributed by atoms with E-state index < -0.39 is 0 Å². The Hall–Kier alpha value is -2.56. The number of nitrogens with one attached hydrogen (secondary N) is 1. The normalized spacial score (nSPS) is 10.9. The van der Waals surface area contributed by atoms with Gasteiger partial charge in [0.05, 0.1) is 0 Å². The van der Waals surface area contributed by atoms with Crippen molar-refractivity contribution in [3.05, 3.63) is 64.2 Å². The average Bonchev–Trinajstić information content (AvgIpc) is 2.74. The van der Waals surface area contributed by atoms with E-state index >= 15 is 0 Å². The van der Waals surface area contributed by atoms with Crippen LogP contribution in [0.1, 0.15) is 11.4 Å². The molecular formula is C13H11N3O2. The Kier molecular flexibility index (Phi) is 2.37. The van der Waals surface area contributed by atoms with E-state index in [1.165, 1.54) is 10.5 Å². The van der Waals surface area contributed by atoms with E-state index in [-0.39, 0.29) is 11.3 Å². The van der Waals surface area contributed by atoms with Gasteiger partial charge in [0, 0.05) is 12.5 Å². The maximum Gasteiger partial charge on any atom is 0.257 e. The summed E-state index contributed by atoms with van der Waals surface area (Å²) in [5.41, 5.74) is 1.45. The molecule has 3 rings (SSSR count). The van der Waals surface area contributed by atoms with Crippen LogP contribution < -0.4 is 5.56 Å². The van der Waals surface area contributed by atoms with Crippen molar-refractivity contribution in [2.24, 2.45) is 0 Å². The highest BCUT2D eigenvalue weighted by molar-refractivity contribution is 5.38. The lowest BCUT2D eigenvalue weighted by atomic mass is 10.1. The monoisotopic (exact) mass is 241 g/mol. The highest BCUT2D eigenvalue weighted by Crippen LogP contribution is 2.14. The van der Waals surface area contributed by atoms with Gasteiger partial charge in [-0.05, 0) is 23.8 Å². The van der Waals surface area contributed by atoms with E-state index in [9.17, 15) is 9.90 Å². The maximum atomic E-state index is 11.8. The lowest BCUT2D eigenvalue weighted by Gasteiger charge is -2.00. The van der Waals surface area contributed by atoms with Crippen LogP contribution in [0.3, 0.4) is 0 Å². The van der Waals surface area contributed by atoms with Gasteiger partial charge in [-0.15, -0.1) is 0 Å². The molecule has 5 heteroatoms. The lowest BCUT2D eigenvalue weighted by molar-refractivity contribution is 0.474. The average molecular weight is 241 g/mol. The molecule has 0 fully saturated rings. The van der Waals surface area contributed by atoms with Crippen molar-refractivity contribution in [3.8, 4) is 5.75 Å². The maximum absolute atomic E-state index is 11.8. The first-order valence-electron chi connectivity index (χ1n) is 5.57. The van der Waals surface area contributed by atoms with Crippen LogP contribution in [0, 0.1) is 0 Å². The minimum absolute atomic E-state index is 0.114. The van der Waals surface area contributed by atoms with E-state index in [1.807, 2.05) is 6.07 Å². The summed E-state index contributed by atoms with van der Waals surface area (Å²) >= 11 is 0. The second-order valence-electron chi connectivity index (χ2n) is 4.07. The molecule has 0 spiro atoms. The second-order valence-corrected chi connectivity index (χ2v) is 4.07. The molecule has 0 aliphatic carbocycles. The van der Waals surface area contributed by atoms with Crippen LogP contribution in [0.25, 0.3) is 5.65 Å². The summed E-state index contributed by atoms with van der Waals surface area (Å²) in [5, 5.41) is 16.4. The molecule has 3 aromatic rings. The number of H-pyrrole nitrogens is 1. The molecule has 0 saturated carbocycles. The van der Waals surface area contributed by atoms with Crippen LogP contribution >= 0.6 is 0 Å². The van der Waals surface area contributed by atoms with Crippen molar-refractivity contribution in [1.82, 2.24) is 14.6 Å². The number of phenolic OH excluding ortho intramolecular Hbond substituents is 1. The Bertz CT molecular complexity index is 758. The molecule has 90 valence electrons. The van der Waals surface area contributed by atoms with Crippen LogP contribution in [0.15, 0.2) is 47.3 Å². The number of aromatic nitrogens is 3. The molecule has 2 N–H and O–H groups in total. The number of aromatic hydroxyl groups is 1. The third kappa shape index (κ3) is 1.75. The SMILES string of the molecule is O=c1cccc2[nH]nc(Cc3cccc(O)c3)n12. The van der Waals surface area contributed by atoms with Crippen molar-refractivity contribution in [1.29, 1.82) is 0 Å². The molecule has 0 aliphatic rings. The number of fused-ring (bicyclic) bond motifs is 1. The zero-order valence-corrected chi connectivity index (χ0v) is 9.50. The van der Waals surface area contributed by atoms with E-state index in [0.29, 0.717) is 17.9 Å². The van der Waals surface area contributed by atoms with Crippen molar-refractivity contribution >= 4 is 5.65 Å². The predicted octanol–water partition coefficient (Wildman–Crippen LogP) is 1.32. The van der Waals surface area contributed by atoms with Crippen LogP contribution in [0.2, 0.25) is 0 Å². The molecule has 0 bridgehead atoms. The number of pyridine rings is 1. The van der Waals surface area contributed by atoms with Crippen LogP contribution in [0.4, 0.5) is 0 Å². The topological polar surface area (TPSA) is 70.4 Å². The van der Waals surface area contributed by atoms with Crippen LogP contribution in [0.5, 0.6) is 5.75 Å². The first-order chi connectivity index (χ1) is 8.74. The zero-order chi connectivity index (χ0) is 12.5. The van der Waals surface area contributed by atoms with E-state index in [0.717, 1.165) is 5.56 Å². The molecule has 2 heterocycles. The first-order valence-corrected chi connectivity index (χ1v) is 5.57. The first kappa shape index (κ1) is 10.6. The van der Waals surface area contributed by atoms with Crippen LogP contribution in [-0.4, -0.2) is 19.7 Å². The molecule has 0 atom stereocenters. The Morgan fingerprint density at radius 3 is 2.89 bits per heavy atom. The van der Waals surface area contributed by atoms with Gasteiger partial charge in [-0.2, -0.15) is 5.10 Å². The number of benzene rings is 1. The number of aromatic amines is 1. The third-order valence-corrected chi connectivity index (χ3v) is 2.78. The Balaban J connectivity index is 2.08. The van der Waals surface area contributed by atoms with Gasteiger partial charge >= 0.3 is 0 Å². The highest BCUT2D eigenvalue weighted by Gasteiger charge is 2.07. The summed E-state index contributed by atoms with van der Waals surface area (Å²) in [6, 6.07) is 11.9. The molecule has 0 unspecified atom stereocenters. The molecule has 5 nitrogen and oxygen atoms in total. The largest absolute Gasteiger partial charge is 0.508 e. The Morgan fingerprint density at radius 2 is 2.06 bits per heavy atom. The van der Waals surface area contributed by atoms with Gasteiger partial charge in [0.15, 0.2) is 0 Å². The summed E-state index contributed by atoms with van der Waals surface area (Å²) in [4.78, 5) is 11.8. The summed E-state index contributed by atoms with van der Waals surface area (Å²) in [7, 11) is 0. The third-order valence-electron chi connectivity index (χ3n) is 2.78. The quantitative estimate of drug-likeness (QED) is 0.710. The number of phenols is 1. The lowest BCUT2D eigenvalue weighted by Crippen LogP contribution is -2.13. The molecule has 1 aromatic carbocycles. The van der Waals surface area contributed by atoms with Crippen molar-refractivity contribution in [3.63, 3.8) is 0 Å². The summed E-state index contributed by atoms with van der Waals surface area (Å²) in [5.74, 6) is 0.834.